The first-order valence-electron chi connectivity index (χ1n) is 4.89. The zero-order valence-electron chi connectivity index (χ0n) is 9.10. The molecule has 2 rings (SSSR count). The molecule has 5 heteroatoms. The van der Waals surface area contributed by atoms with Gasteiger partial charge in [-0.1, -0.05) is 0 Å². The summed E-state index contributed by atoms with van der Waals surface area (Å²) in [4.78, 5) is 17.1. The first-order valence-corrected chi connectivity index (χ1v) is 5.71. The Morgan fingerprint density at radius 1 is 1.59 bits per heavy atom. The third-order valence-electron chi connectivity index (χ3n) is 2.26. The van der Waals surface area contributed by atoms with E-state index in [2.05, 4.69) is 11.1 Å². The molecular formula is C12H9N3OS. The van der Waals surface area contributed by atoms with Crippen LogP contribution in [-0.4, -0.2) is 10.9 Å². The Kier molecular flexibility index (Phi) is 2.90. The normalized spacial score (nSPS) is 9.88. The Labute approximate surface area is 102 Å². The minimum atomic E-state index is -0.539. The first kappa shape index (κ1) is 11.3. The number of hydrogen-bond donors (Lipinski definition) is 1. The quantitative estimate of drug-likeness (QED) is 0.877. The Morgan fingerprint density at radius 2 is 2.35 bits per heavy atom. The Morgan fingerprint density at radius 3 is 3.00 bits per heavy atom. The fourth-order valence-electron chi connectivity index (χ4n) is 1.56. The lowest BCUT2D eigenvalue weighted by Gasteiger charge is -2.03. The second-order valence-electron chi connectivity index (χ2n) is 3.48. The molecule has 0 aliphatic carbocycles. The molecule has 0 atom stereocenters. The summed E-state index contributed by atoms with van der Waals surface area (Å²) < 4.78 is 0. The second kappa shape index (κ2) is 4.36. The number of rotatable bonds is 2. The van der Waals surface area contributed by atoms with E-state index in [1.54, 1.807) is 24.4 Å². The highest BCUT2D eigenvalue weighted by atomic mass is 32.1. The van der Waals surface area contributed by atoms with Crippen LogP contribution in [0.5, 0.6) is 0 Å². The maximum Gasteiger partial charge on any atom is 0.250 e. The van der Waals surface area contributed by atoms with Crippen LogP contribution < -0.4 is 5.73 Å². The van der Waals surface area contributed by atoms with Crippen LogP contribution in [0.25, 0.3) is 10.6 Å². The zero-order valence-corrected chi connectivity index (χ0v) is 9.91. The van der Waals surface area contributed by atoms with E-state index in [0.717, 1.165) is 4.88 Å². The van der Waals surface area contributed by atoms with Crippen molar-refractivity contribution in [2.24, 2.45) is 5.73 Å². The maximum absolute atomic E-state index is 11.3. The highest BCUT2D eigenvalue weighted by molar-refractivity contribution is 7.15. The summed E-state index contributed by atoms with van der Waals surface area (Å²) in [7, 11) is 0. The van der Waals surface area contributed by atoms with Crippen molar-refractivity contribution in [1.29, 1.82) is 5.26 Å². The number of carbonyl (C=O) groups excluding carboxylic acids is 1. The van der Waals surface area contributed by atoms with Crippen LogP contribution in [0.2, 0.25) is 0 Å². The van der Waals surface area contributed by atoms with Crippen molar-refractivity contribution in [3.63, 3.8) is 0 Å². The van der Waals surface area contributed by atoms with Gasteiger partial charge in [0.05, 0.1) is 21.7 Å². The summed E-state index contributed by atoms with van der Waals surface area (Å²) in [6.45, 7) is 1.90. The third-order valence-corrected chi connectivity index (χ3v) is 3.32. The Bertz CT molecular complexity index is 625. The van der Waals surface area contributed by atoms with Gasteiger partial charge in [0.15, 0.2) is 0 Å². The van der Waals surface area contributed by atoms with Gasteiger partial charge in [0.1, 0.15) is 6.07 Å². The molecule has 2 aromatic rings. The van der Waals surface area contributed by atoms with E-state index in [4.69, 9.17) is 11.0 Å². The number of nitrogens with zero attached hydrogens (tertiary/aromatic N) is 2. The van der Waals surface area contributed by atoms with E-state index in [0.29, 0.717) is 21.7 Å². The van der Waals surface area contributed by atoms with Gasteiger partial charge in [0.2, 0.25) is 0 Å². The van der Waals surface area contributed by atoms with Crippen LogP contribution in [0.1, 0.15) is 20.8 Å². The zero-order chi connectivity index (χ0) is 12.4. The molecule has 0 aromatic carbocycles. The first-order chi connectivity index (χ1) is 8.13. The molecule has 4 nitrogen and oxygen atoms in total. The highest BCUT2D eigenvalue weighted by Gasteiger charge is 2.16. The van der Waals surface area contributed by atoms with Gasteiger partial charge in [0.25, 0.3) is 5.91 Å². The van der Waals surface area contributed by atoms with E-state index in [1.165, 1.54) is 11.3 Å². The molecule has 84 valence electrons. The molecule has 17 heavy (non-hydrogen) atoms. The second-order valence-corrected chi connectivity index (χ2v) is 4.73. The number of hydrogen-bond acceptors (Lipinski definition) is 4. The summed E-state index contributed by atoms with van der Waals surface area (Å²) in [5.41, 5.74) is 6.63. The lowest BCUT2D eigenvalue weighted by molar-refractivity contribution is 0.100. The van der Waals surface area contributed by atoms with Crippen molar-refractivity contribution in [2.75, 3.05) is 0 Å². The Hall–Kier alpha value is -2.19. The van der Waals surface area contributed by atoms with Gasteiger partial charge < -0.3 is 5.73 Å². The summed E-state index contributed by atoms with van der Waals surface area (Å²) in [6.07, 6.45) is 1.58. The molecule has 0 saturated heterocycles. The van der Waals surface area contributed by atoms with E-state index < -0.39 is 5.91 Å². The molecule has 0 fully saturated rings. The van der Waals surface area contributed by atoms with Crippen LogP contribution in [-0.2, 0) is 0 Å². The number of thiophene rings is 1. The average Bonchev–Trinajstić information content (AvgIpc) is 2.70. The number of amides is 1. The predicted molar refractivity (Wildman–Crippen MR) is 65.5 cm³/mol. The van der Waals surface area contributed by atoms with E-state index >= 15 is 0 Å². The van der Waals surface area contributed by atoms with Crippen molar-refractivity contribution < 1.29 is 4.79 Å². The molecular weight excluding hydrogens is 234 g/mol. The van der Waals surface area contributed by atoms with Gasteiger partial charge in [-0.15, -0.1) is 11.3 Å². The van der Waals surface area contributed by atoms with Gasteiger partial charge in [-0.25, -0.2) is 0 Å². The van der Waals surface area contributed by atoms with E-state index in [-0.39, 0.29) is 0 Å². The number of nitrogens with two attached hydrogens (primary N) is 1. The minimum Gasteiger partial charge on any atom is -0.366 e. The van der Waals surface area contributed by atoms with Crippen LogP contribution in [0.3, 0.4) is 0 Å². The van der Waals surface area contributed by atoms with Gasteiger partial charge in [-0.3, -0.25) is 9.78 Å². The van der Waals surface area contributed by atoms with Gasteiger partial charge >= 0.3 is 0 Å². The topological polar surface area (TPSA) is 79.8 Å². The lowest BCUT2D eigenvalue weighted by atomic mass is 10.1. The van der Waals surface area contributed by atoms with Gasteiger partial charge in [-0.05, 0) is 25.1 Å². The number of primary amides is 1. The van der Waals surface area contributed by atoms with Gasteiger partial charge in [0, 0.05) is 11.1 Å². The van der Waals surface area contributed by atoms with Crippen molar-refractivity contribution in [1.82, 2.24) is 4.98 Å². The molecule has 0 saturated carbocycles. The molecule has 0 spiro atoms. The largest absolute Gasteiger partial charge is 0.366 e. The van der Waals surface area contributed by atoms with Crippen LogP contribution in [0.4, 0.5) is 0 Å². The lowest BCUT2D eigenvalue weighted by Crippen LogP contribution is -2.12. The number of pyridine rings is 1. The smallest absolute Gasteiger partial charge is 0.250 e. The van der Waals surface area contributed by atoms with Crippen molar-refractivity contribution in [2.45, 2.75) is 6.92 Å². The predicted octanol–water partition coefficient (Wildman–Crippen LogP) is 2.09. The molecule has 1 amide bonds. The molecule has 0 aliphatic heterocycles. The molecule has 2 N–H and O–H groups in total. The summed E-state index contributed by atoms with van der Waals surface area (Å²) in [6, 6.07) is 7.14. The molecule has 2 aromatic heterocycles. The van der Waals surface area contributed by atoms with E-state index in [9.17, 15) is 4.79 Å². The van der Waals surface area contributed by atoms with Crippen molar-refractivity contribution >= 4 is 17.2 Å². The molecule has 0 radical (unpaired) electrons. The van der Waals surface area contributed by atoms with Crippen LogP contribution in [0.15, 0.2) is 24.4 Å². The fraction of sp³-hybridized carbons (Fsp3) is 0.0833. The molecule has 0 aliphatic rings. The van der Waals surface area contributed by atoms with Crippen LogP contribution in [0, 0.1) is 18.3 Å². The number of aromatic nitrogens is 1. The average molecular weight is 243 g/mol. The SMILES string of the molecule is Cc1cc(C#N)c(-c2ncccc2C(N)=O)s1. The third kappa shape index (κ3) is 2.03. The summed E-state index contributed by atoms with van der Waals surface area (Å²) >= 11 is 1.43. The monoisotopic (exact) mass is 243 g/mol. The number of nitriles is 1. The minimum absolute atomic E-state index is 0.339. The van der Waals surface area contributed by atoms with Crippen molar-refractivity contribution in [3.8, 4) is 16.6 Å². The Balaban J connectivity index is 2.69. The van der Waals surface area contributed by atoms with Crippen molar-refractivity contribution in [3.05, 3.63) is 40.4 Å². The molecule has 2 heterocycles. The highest BCUT2D eigenvalue weighted by Crippen LogP contribution is 2.32. The maximum atomic E-state index is 11.3. The number of aryl methyl sites for hydroxylation is 1. The molecule has 0 unspecified atom stereocenters. The van der Waals surface area contributed by atoms with E-state index in [1.807, 2.05) is 6.92 Å². The standard InChI is InChI=1S/C12H9N3OS/c1-7-5-8(6-13)11(17-7)10-9(12(14)16)3-2-4-15-10/h2-5H,1H3,(H2,14,16). The molecule has 0 bridgehead atoms. The van der Waals surface area contributed by atoms with Gasteiger partial charge in [-0.2, -0.15) is 5.26 Å². The van der Waals surface area contributed by atoms with Crippen LogP contribution >= 0.6 is 11.3 Å². The number of carbonyl (C=O) groups is 1. The summed E-state index contributed by atoms with van der Waals surface area (Å²) in [5.74, 6) is -0.539. The summed E-state index contributed by atoms with van der Waals surface area (Å²) in [5, 5.41) is 9.04. The fourth-order valence-corrected chi connectivity index (χ4v) is 2.53.